The van der Waals surface area contributed by atoms with Crippen LogP contribution in [0.15, 0.2) is 12.8 Å². The fraction of sp³-hybridized carbons (Fsp3) is 0.667. The molecule has 1 amide bonds. The second kappa shape index (κ2) is 9.35. The lowest BCUT2D eigenvalue weighted by atomic mass is 10.1. The van der Waals surface area contributed by atoms with Gasteiger partial charge in [-0.2, -0.15) is 4.98 Å². The summed E-state index contributed by atoms with van der Waals surface area (Å²) in [7, 11) is 3.66. The predicted octanol–water partition coefficient (Wildman–Crippen LogP) is 3.39. The average Bonchev–Trinajstić information content (AvgIpc) is 2.90. The van der Waals surface area contributed by atoms with Crippen molar-refractivity contribution in [3.05, 3.63) is 18.5 Å². The van der Waals surface area contributed by atoms with E-state index in [2.05, 4.69) is 32.3 Å². The monoisotopic (exact) mass is 336 g/mol. The molecule has 0 saturated carbocycles. The molecule has 24 heavy (non-hydrogen) atoms. The minimum Gasteiger partial charge on any atom is -0.465 e. The molecule has 0 N–H and O–H groups in total. The molecule has 0 atom stereocenters. The van der Waals surface area contributed by atoms with E-state index >= 15 is 0 Å². The summed E-state index contributed by atoms with van der Waals surface area (Å²) >= 11 is 0. The number of amides is 1. The third kappa shape index (κ3) is 4.76. The number of imidazole rings is 1. The number of hydrogen-bond donors (Lipinski definition) is 0. The van der Waals surface area contributed by atoms with Crippen molar-refractivity contribution < 1.29 is 9.53 Å². The van der Waals surface area contributed by atoms with Crippen LogP contribution >= 0.6 is 0 Å². The first-order valence-electron chi connectivity index (χ1n) is 8.71. The van der Waals surface area contributed by atoms with Gasteiger partial charge < -0.3 is 14.5 Å². The number of rotatable bonds is 10. The van der Waals surface area contributed by atoms with E-state index in [0.717, 1.165) is 12.8 Å². The zero-order valence-corrected chi connectivity index (χ0v) is 16.0. The molecular formula is C18H32N4O2. The number of carbonyl (C=O) groups excluding carboxylic acids is 1. The summed E-state index contributed by atoms with van der Waals surface area (Å²) in [6.07, 6.45) is 3.51. The molecule has 0 unspecified atom stereocenters. The van der Waals surface area contributed by atoms with Gasteiger partial charge in [0.2, 0.25) is 0 Å². The summed E-state index contributed by atoms with van der Waals surface area (Å²) < 4.78 is 7.61. The van der Waals surface area contributed by atoms with Crippen molar-refractivity contribution in [3.63, 3.8) is 0 Å². The van der Waals surface area contributed by atoms with Crippen LogP contribution in [0.3, 0.4) is 0 Å². The Morgan fingerprint density at radius 3 is 2.54 bits per heavy atom. The van der Waals surface area contributed by atoms with Crippen molar-refractivity contribution in [2.24, 2.45) is 5.92 Å². The molecule has 136 valence electrons. The Bertz CT molecular complexity index is 551. The Kier molecular flexibility index (Phi) is 7.82. The van der Waals surface area contributed by atoms with Crippen molar-refractivity contribution in [3.8, 4) is 6.01 Å². The summed E-state index contributed by atoms with van der Waals surface area (Å²) in [4.78, 5) is 21.1. The topological polar surface area (TPSA) is 50.6 Å². The number of nitrogens with zero attached hydrogens (tertiary/aromatic N) is 4. The van der Waals surface area contributed by atoms with Crippen molar-refractivity contribution in [1.82, 2.24) is 14.5 Å². The first-order valence-corrected chi connectivity index (χ1v) is 8.71. The first kappa shape index (κ1) is 20.1. The molecule has 6 nitrogen and oxygen atoms in total. The predicted molar refractivity (Wildman–Crippen MR) is 98.7 cm³/mol. The molecule has 0 bridgehead atoms. The summed E-state index contributed by atoms with van der Waals surface area (Å²) in [6.45, 7) is 14.0. The Morgan fingerprint density at radius 2 is 2.04 bits per heavy atom. The molecule has 1 aromatic heterocycles. The zero-order valence-electron chi connectivity index (χ0n) is 16.0. The van der Waals surface area contributed by atoms with Crippen molar-refractivity contribution >= 4 is 11.7 Å². The lowest BCUT2D eigenvalue weighted by molar-refractivity contribution is 0.0783. The summed E-state index contributed by atoms with van der Waals surface area (Å²) in [5, 5.41) is 0. The quantitative estimate of drug-likeness (QED) is 0.657. The van der Waals surface area contributed by atoms with E-state index < -0.39 is 0 Å². The zero-order chi connectivity index (χ0) is 18.3. The molecule has 6 heteroatoms. The van der Waals surface area contributed by atoms with E-state index in [0.29, 0.717) is 43.1 Å². The van der Waals surface area contributed by atoms with Crippen LogP contribution in [0.5, 0.6) is 6.01 Å². The minimum absolute atomic E-state index is 0.0391. The third-order valence-corrected chi connectivity index (χ3v) is 3.83. The molecule has 1 heterocycles. The van der Waals surface area contributed by atoms with Gasteiger partial charge in [-0.1, -0.05) is 27.4 Å². The highest BCUT2D eigenvalue weighted by Crippen LogP contribution is 2.28. The highest BCUT2D eigenvalue weighted by atomic mass is 16.5. The van der Waals surface area contributed by atoms with Crippen LogP contribution in [0, 0.1) is 5.92 Å². The van der Waals surface area contributed by atoms with Gasteiger partial charge in [0.15, 0.2) is 11.5 Å². The molecule has 0 aliphatic heterocycles. The Labute approximate surface area is 146 Å². The normalized spacial score (nSPS) is 10.8. The molecule has 0 aromatic carbocycles. The number of hydrogen-bond acceptors (Lipinski definition) is 4. The second-order valence-electron chi connectivity index (χ2n) is 6.35. The number of aromatic nitrogens is 2. The highest BCUT2D eigenvalue weighted by Gasteiger charge is 2.27. The molecule has 1 rings (SSSR count). The smallest absolute Gasteiger partial charge is 0.298 e. The number of anilines is 1. The van der Waals surface area contributed by atoms with E-state index in [1.165, 1.54) is 0 Å². The van der Waals surface area contributed by atoms with Crippen LogP contribution in [0.2, 0.25) is 0 Å². The van der Waals surface area contributed by atoms with E-state index in [9.17, 15) is 4.79 Å². The van der Waals surface area contributed by atoms with E-state index in [-0.39, 0.29) is 5.91 Å². The van der Waals surface area contributed by atoms with Gasteiger partial charge >= 0.3 is 0 Å². The molecule has 0 aliphatic rings. The number of carbonyl (C=O) groups is 1. The largest absolute Gasteiger partial charge is 0.465 e. The third-order valence-electron chi connectivity index (χ3n) is 3.83. The molecule has 0 radical (unpaired) electrons. The Morgan fingerprint density at radius 1 is 1.38 bits per heavy atom. The van der Waals surface area contributed by atoms with Gasteiger partial charge in [-0.3, -0.25) is 9.36 Å². The van der Waals surface area contributed by atoms with E-state index in [4.69, 9.17) is 4.74 Å². The van der Waals surface area contributed by atoms with Gasteiger partial charge in [0, 0.05) is 27.2 Å². The molecule has 0 fully saturated rings. The van der Waals surface area contributed by atoms with Crippen molar-refractivity contribution in [2.75, 3.05) is 32.1 Å². The van der Waals surface area contributed by atoms with Crippen LogP contribution in [0.1, 0.15) is 51.0 Å². The maximum absolute atomic E-state index is 13.0. The van der Waals surface area contributed by atoms with Gasteiger partial charge in [-0.05, 0) is 31.9 Å². The van der Waals surface area contributed by atoms with Crippen LogP contribution in [-0.2, 0) is 6.54 Å². The van der Waals surface area contributed by atoms with Crippen LogP contribution in [0.4, 0.5) is 5.82 Å². The van der Waals surface area contributed by atoms with Gasteiger partial charge in [-0.25, -0.2) is 0 Å². The first-order chi connectivity index (χ1) is 11.4. The van der Waals surface area contributed by atoms with Crippen molar-refractivity contribution in [2.45, 2.75) is 47.1 Å². The van der Waals surface area contributed by atoms with E-state index in [1.807, 2.05) is 25.6 Å². The summed E-state index contributed by atoms with van der Waals surface area (Å²) in [6, 6.07) is 0.495. The molecule has 0 spiro atoms. The standard InChI is InChI=1S/C18H32N4O2/c1-8-12-21(7)17(23)15-16(20(6)9-2)19-18(24-10-3)22(15)13-11-14(4)5/h9,14H,2,8,10-13H2,1,3-7H3. The molecule has 0 saturated heterocycles. The van der Waals surface area contributed by atoms with E-state index in [1.54, 1.807) is 16.0 Å². The van der Waals surface area contributed by atoms with Crippen LogP contribution < -0.4 is 9.64 Å². The van der Waals surface area contributed by atoms with Gasteiger partial charge in [0.1, 0.15) is 0 Å². The average molecular weight is 336 g/mol. The molecular weight excluding hydrogens is 304 g/mol. The Balaban J connectivity index is 3.40. The maximum Gasteiger partial charge on any atom is 0.298 e. The second-order valence-corrected chi connectivity index (χ2v) is 6.35. The maximum atomic E-state index is 13.0. The fourth-order valence-corrected chi connectivity index (χ4v) is 2.42. The minimum atomic E-state index is -0.0391. The van der Waals surface area contributed by atoms with Crippen LogP contribution in [-0.4, -0.2) is 47.6 Å². The van der Waals surface area contributed by atoms with Gasteiger partial charge in [-0.15, -0.1) is 0 Å². The number of ether oxygens (including phenoxy) is 1. The van der Waals surface area contributed by atoms with Crippen molar-refractivity contribution in [1.29, 1.82) is 0 Å². The summed E-state index contributed by atoms with van der Waals surface area (Å²) in [5.74, 6) is 1.08. The highest BCUT2D eigenvalue weighted by molar-refractivity contribution is 5.97. The SMILES string of the molecule is C=CN(C)c1nc(OCC)n(CCC(C)C)c1C(=O)N(C)CCC. The lowest BCUT2D eigenvalue weighted by Gasteiger charge is -2.20. The summed E-state index contributed by atoms with van der Waals surface area (Å²) in [5.41, 5.74) is 0.567. The van der Waals surface area contributed by atoms with Gasteiger partial charge in [0.25, 0.3) is 11.9 Å². The lowest BCUT2D eigenvalue weighted by Crippen LogP contribution is -2.31. The Hall–Kier alpha value is -1.98. The molecule has 1 aromatic rings. The van der Waals surface area contributed by atoms with Crippen LogP contribution in [0.25, 0.3) is 0 Å². The fourth-order valence-electron chi connectivity index (χ4n) is 2.42. The molecule has 0 aliphatic carbocycles. The van der Waals surface area contributed by atoms with Gasteiger partial charge in [0.05, 0.1) is 6.61 Å².